The third-order valence-electron chi connectivity index (χ3n) is 4.63. The SMILES string of the molecule is COc1ccc(-c2ccccc2-c2ccccc2-c2ccccc2)cc1. The molecule has 0 unspecified atom stereocenters. The normalized spacial score (nSPS) is 10.5. The van der Waals surface area contributed by atoms with Crippen molar-refractivity contribution in [3.63, 3.8) is 0 Å². The van der Waals surface area contributed by atoms with Crippen molar-refractivity contribution in [2.24, 2.45) is 0 Å². The molecule has 1 nitrogen and oxygen atoms in total. The molecule has 4 aromatic rings. The summed E-state index contributed by atoms with van der Waals surface area (Å²) in [6, 6.07) is 36.0. The van der Waals surface area contributed by atoms with Gasteiger partial charge in [0.25, 0.3) is 0 Å². The predicted octanol–water partition coefficient (Wildman–Crippen LogP) is 6.70. The Labute approximate surface area is 154 Å². The maximum Gasteiger partial charge on any atom is 0.118 e. The van der Waals surface area contributed by atoms with Crippen LogP contribution in [0.15, 0.2) is 103 Å². The van der Waals surface area contributed by atoms with Gasteiger partial charge in [0, 0.05) is 0 Å². The van der Waals surface area contributed by atoms with Crippen molar-refractivity contribution in [1.82, 2.24) is 0 Å². The van der Waals surface area contributed by atoms with Crippen LogP contribution in [0.2, 0.25) is 0 Å². The highest BCUT2D eigenvalue weighted by Gasteiger charge is 2.11. The summed E-state index contributed by atoms with van der Waals surface area (Å²) in [6.45, 7) is 0. The molecular formula is C25H20O. The molecule has 4 aromatic carbocycles. The van der Waals surface area contributed by atoms with Gasteiger partial charge in [0.05, 0.1) is 7.11 Å². The monoisotopic (exact) mass is 336 g/mol. The summed E-state index contributed by atoms with van der Waals surface area (Å²) in [5.41, 5.74) is 7.35. The molecule has 126 valence electrons. The molecule has 0 spiro atoms. The maximum absolute atomic E-state index is 5.30. The molecule has 0 aromatic heterocycles. The first-order chi connectivity index (χ1) is 12.9. The van der Waals surface area contributed by atoms with Crippen LogP contribution in [-0.4, -0.2) is 7.11 Å². The fourth-order valence-corrected chi connectivity index (χ4v) is 3.33. The van der Waals surface area contributed by atoms with E-state index < -0.39 is 0 Å². The van der Waals surface area contributed by atoms with Gasteiger partial charge >= 0.3 is 0 Å². The van der Waals surface area contributed by atoms with E-state index in [1.54, 1.807) is 7.11 Å². The summed E-state index contributed by atoms with van der Waals surface area (Å²) in [4.78, 5) is 0. The molecule has 0 aliphatic carbocycles. The number of hydrogen-bond acceptors (Lipinski definition) is 1. The van der Waals surface area contributed by atoms with E-state index in [2.05, 4.69) is 91.0 Å². The van der Waals surface area contributed by atoms with Crippen LogP contribution < -0.4 is 4.74 Å². The lowest BCUT2D eigenvalue weighted by atomic mass is 9.89. The van der Waals surface area contributed by atoms with E-state index in [-0.39, 0.29) is 0 Å². The van der Waals surface area contributed by atoms with Gasteiger partial charge in [-0.25, -0.2) is 0 Å². The molecule has 0 radical (unpaired) electrons. The van der Waals surface area contributed by atoms with E-state index in [9.17, 15) is 0 Å². The minimum atomic E-state index is 0.871. The molecule has 4 rings (SSSR count). The average molecular weight is 336 g/mol. The lowest BCUT2D eigenvalue weighted by Crippen LogP contribution is -1.89. The second-order valence-electron chi connectivity index (χ2n) is 6.19. The predicted molar refractivity (Wildman–Crippen MR) is 109 cm³/mol. The van der Waals surface area contributed by atoms with Crippen LogP contribution in [0, 0.1) is 0 Å². The van der Waals surface area contributed by atoms with E-state index in [1.165, 1.54) is 33.4 Å². The Kier molecular flexibility index (Phi) is 4.53. The van der Waals surface area contributed by atoms with Gasteiger partial charge in [0.1, 0.15) is 5.75 Å². The Balaban J connectivity index is 1.88. The lowest BCUT2D eigenvalue weighted by molar-refractivity contribution is 0.415. The standard InChI is InChI=1S/C25H20O/c1-26-21-17-15-20(16-18-21)23-12-6-8-14-25(23)24-13-7-5-11-22(24)19-9-3-2-4-10-19/h2-18H,1H3. The van der Waals surface area contributed by atoms with Gasteiger partial charge in [0.15, 0.2) is 0 Å². The van der Waals surface area contributed by atoms with Crippen LogP contribution >= 0.6 is 0 Å². The summed E-state index contributed by atoms with van der Waals surface area (Å²) in [6.07, 6.45) is 0. The van der Waals surface area contributed by atoms with E-state index in [4.69, 9.17) is 4.74 Å². The molecule has 0 aliphatic rings. The van der Waals surface area contributed by atoms with Crippen molar-refractivity contribution in [2.45, 2.75) is 0 Å². The molecule has 0 aliphatic heterocycles. The highest BCUT2D eigenvalue weighted by molar-refractivity contribution is 5.91. The maximum atomic E-state index is 5.30. The van der Waals surface area contributed by atoms with E-state index in [0.29, 0.717) is 0 Å². The minimum absolute atomic E-state index is 0.871. The summed E-state index contributed by atoms with van der Waals surface area (Å²) >= 11 is 0. The Hall–Kier alpha value is -3.32. The van der Waals surface area contributed by atoms with Crippen LogP contribution in [0.3, 0.4) is 0 Å². The number of benzene rings is 4. The molecule has 26 heavy (non-hydrogen) atoms. The molecular weight excluding hydrogens is 316 g/mol. The molecule has 0 saturated carbocycles. The summed E-state index contributed by atoms with van der Waals surface area (Å²) in [5.74, 6) is 0.871. The van der Waals surface area contributed by atoms with Crippen LogP contribution in [0.5, 0.6) is 5.75 Å². The number of methoxy groups -OCH3 is 1. The van der Waals surface area contributed by atoms with Gasteiger partial charge in [-0.1, -0.05) is 91.0 Å². The molecule has 0 atom stereocenters. The highest BCUT2D eigenvalue weighted by atomic mass is 16.5. The first kappa shape index (κ1) is 16.2. The third-order valence-corrected chi connectivity index (χ3v) is 4.63. The van der Waals surface area contributed by atoms with Crippen molar-refractivity contribution >= 4 is 0 Å². The lowest BCUT2D eigenvalue weighted by Gasteiger charge is -2.15. The number of ether oxygens (including phenoxy) is 1. The summed E-state index contributed by atoms with van der Waals surface area (Å²) in [5, 5.41) is 0. The second kappa shape index (κ2) is 7.28. The zero-order valence-electron chi connectivity index (χ0n) is 14.7. The second-order valence-corrected chi connectivity index (χ2v) is 6.19. The molecule has 0 heterocycles. The van der Waals surface area contributed by atoms with Gasteiger partial charge in [-0.15, -0.1) is 0 Å². The van der Waals surface area contributed by atoms with E-state index >= 15 is 0 Å². The zero-order chi connectivity index (χ0) is 17.8. The molecule has 0 bridgehead atoms. The molecule has 1 heteroatoms. The summed E-state index contributed by atoms with van der Waals surface area (Å²) in [7, 11) is 1.69. The first-order valence-electron chi connectivity index (χ1n) is 8.75. The van der Waals surface area contributed by atoms with Crippen molar-refractivity contribution in [2.75, 3.05) is 7.11 Å². The Morgan fingerprint density at radius 2 is 0.846 bits per heavy atom. The van der Waals surface area contributed by atoms with Crippen molar-refractivity contribution < 1.29 is 4.74 Å². The minimum Gasteiger partial charge on any atom is -0.497 e. The quantitative estimate of drug-likeness (QED) is 0.403. The van der Waals surface area contributed by atoms with Gasteiger partial charge in [0.2, 0.25) is 0 Å². The van der Waals surface area contributed by atoms with E-state index in [1.807, 2.05) is 12.1 Å². The Bertz CT molecular complexity index is 1000. The van der Waals surface area contributed by atoms with Gasteiger partial charge in [-0.05, 0) is 45.5 Å². The van der Waals surface area contributed by atoms with Gasteiger partial charge in [-0.3, -0.25) is 0 Å². The van der Waals surface area contributed by atoms with E-state index in [0.717, 1.165) is 5.75 Å². The number of hydrogen-bond donors (Lipinski definition) is 0. The largest absolute Gasteiger partial charge is 0.497 e. The van der Waals surface area contributed by atoms with Crippen LogP contribution in [0.25, 0.3) is 33.4 Å². The van der Waals surface area contributed by atoms with Gasteiger partial charge < -0.3 is 4.74 Å². The van der Waals surface area contributed by atoms with Crippen molar-refractivity contribution in [3.05, 3.63) is 103 Å². The fraction of sp³-hybridized carbons (Fsp3) is 0.0400. The molecule has 0 fully saturated rings. The zero-order valence-corrected chi connectivity index (χ0v) is 14.7. The fourth-order valence-electron chi connectivity index (χ4n) is 3.33. The molecule has 0 amide bonds. The van der Waals surface area contributed by atoms with Crippen LogP contribution in [-0.2, 0) is 0 Å². The topological polar surface area (TPSA) is 9.23 Å². The number of rotatable bonds is 4. The summed E-state index contributed by atoms with van der Waals surface area (Å²) < 4.78 is 5.30. The van der Waals surface area contributed by atoms with Crippen LogP contribution in [0.4, 0.5) is 0 Å². The smallest absolute Gasteiger partial charge is 0.118 e. The van der Waals surface area contributed by atoms with Crippen molar-refractivity contribution in [3.8, 4) is 39.1 Å². The first-order valence-corrected chi connectivity index (χ1v) is 8.75. The molecule has 0 N–H and O–H groups in total. The van der Waals surface area contributed by atoms with Crippen molar-refractivity contribution in [1.29, 1.82) is 0 Å². The Morgan fingerprint density at radius 1 is 0.423 bits per heavy atom. The van der Waals surface area contributed by atoms with Gasteiger partial charge in [-0.2, -0.15) is 0 Å². The molecule has 0 saturated heterocycles. The third kappa shape index (κ3) is 3.12. The van der Waals surface area contributed by atoms with Crippen LogP contribution in [0.1, 0.15) is 0 Å². The Morgan fingerprint density at radius 3 is 1.35 bits per heavy atom. The highest BCUT2D eigenvalue weighted by Crippen LogP contribution is 2.38. The average Bonchev–Trinajstić information content (AvgIpc) is 2.74.